The van der Waals surface area contributed by atoms with Crippen molar-refractivity contribution >= 4 is 29.8 Å². The van der Waals surface area contributed by atoms with Crippen molar-refractivity contribution in [3.63, 3.8) is 0 Å². The molecule has 0 spiro atoms. The Morgan fingerprint density at radius 2 is 1.81 bits per heavy atom. The highest BCUT2D eigenvalue weighted by Gasteiger charge is 2.36. The summed E-state index contributed by atoms with van der Waals surface area (Å²) in [6, 6.07) is 8.47. The van der Waals surface area contributed by atoms with Gasteiger partial charge in [-0.25, -0.2) is 0 Å². The maximum atomic E-state index is 4.70. The first kappa shape index (κ1) is 11.9. The van der Waals surface area contributed by atoms with Gasteiger partial charge in [-0.05, 0) is 19.1 Å². The Labute approximate surface area is 103 Å². The summed E-state index contributed by atoms with van der Waals surface area (Å²) < 4.78 is 0. The summed E-state index contributed by atoms with van der Waals surface area (Å²) in [5.74, 6) is 0. The van der Waals surface area contributed by atoms with E-state index in [2.05, 4.69) is 62.0 Å². The van der Waals surface area contributed by atoms with Crippen LogP contribution in [0.25, 0.3) is 0 Å². The molecule has 1 atom stereocenters. The number of hydrogen-bond acceptors (Lipinski definition) is 2. The van der Waals surface area contributed by atoms with Gasteiger partial charge in [-0.1, -0.05) is 37.3 Å². The normalized spacial score (nSPS) is 22.5. The minimum absolute atomic E-state index is 0.716. The van der Waals surface area contributed by atoms with E-state index < -0.39 is 7.22 Å². The minimum atomic E-state index is -0.990. The van der Waals surface area contributed by atoms with Crippen LogP contribution in [0.4, 0.5) is 5.69 Å². The highest BCUT2D eigenvalue weighted by molar-refractivity contribution is 8.29. The summed E-state index contributed by atoms with van der Waals surface area (Å²) in [5, 5.41) is 0.716. The summed E-state index contributed by atoms with van der Waals surface area (Å²) in [4.78, 5) is 4.70. The highest BCUT2D eigenvalue weighted by atomic mass is 32.4. The molecule has 1 fully saturated rings. The van der Waals surface area contributed by atoms with Gasteiger partial charge < -0.3 is 0 Å². The molecule has 1 saturated carbocycles. The molecule has 0 saturated heterocycles. The van der Waals surface area contributed by atoms with Crippen LogP contribution in [0.1, 0.15) is 12.0 Å². The molecule has 1 nitrogen and oxygen atoms in total. The van der Waals surface area contributed by atoms with E-state index in [9.17, 15) is 0 Å². The van der Waals surface area contributed by atoms with Crippen molar-refractivity contribution in [1.29, 1.82) is 0 Å². The fourth-order valence-electron chi connectivity index (χ4n) is 1.57. The lowest BCUT2D eigenvalue weighted by Gasteiger charge is -2.13. The van der Waals surface area contributed by atoms with Gasteiger partial charge in [0.15, 0.2) is 0 Å². The molecule has 0 radical (unpaired) electrons. The maximum absolute atomic E-state index is 4.70. The van der Waals surface area contributed by atoms with Gasteiger partial charge in [0.05, 0.1) is 5.69 Å². The van der Waals surface area contributed by atoms with E-state index >= 15 is 0 Å². The lowest BCUT2D eigenvalue weighted by molar-refractivity contribution is 1.44. The predicted octanol–water partition coefficient (Wildman–Crippen LogP) is 4.41. The molecular formula is C13H19NSSi. The van der Waals surface area contributed by atoms with E-state index in [1.54, 1.807) is 0 Å². The lowest BCUT2D eigenvalue weighted by Crippen LogP contribution is -2.15. The third-order valence-corrected chi connectivity index (χ3v) is 6.81. The van der Waals surface area contributed by atoms with Crippen molar-refractivity contribution in [3.8, 4) is 0 Å². The van der Waals surface area contributed by atoms with E-state index in [0.29, 0.717) is 5.25 Å². The van der Waals surface area contributed by atoms with Crippen LogP contribution < -0.4 is 0 Å². The zero-order valence-corrected chi connectivity index (χ0v) is 12.3. The highest BCUT2D eigenvalue weighted by Crippen LogP contribution is 2.39. The Bertz CT molecular complexity index is 403. The van der Waals surface area contributed by atoms with Crippen LogP contribution in [0, 0.1) is 6.92 Å². The smallest absolute Gasteiger partial charge is 0.109 e. The van der Waals surface area contributed by atoms with Crippen molar-refractivity contribution in [2.75, 3.05) is 0 Å². The summed E-state index contributed by atoms with van der Waals surface area (Å²) in [7, 11) is -0.990. The molecule has 0 amide bonds. The molecule has 0 bridgehead atoms. The van der Waals surface area contributed by atoms with Gasteiger partial charge in [-0.3, -0.25) is 4.99 Å². The third-order valence-electron chi connectivity index (χ3n) is 2.41. The molecule has 0 aliphatic heterocycles. The molecule has 3 heteroatoms. The van der Waals surface area contributed by atoms with Crippen molar-refractivity contribution in [1.82, 2.24) is 0 Å². The number of aryl methyl sites for hydroxylation is 1. The van der Waals surface area contributed by atoms with E-state index in [-0.39, 0.29) is 0 Å². The van der Waals surface area contributed by atoms with Crippen LogP contribution in [0.3, 0.4) is 0 Å². The van der Waals surface area contributed by atoms with Crippen LogP contribution in [-0.4, -0.2) is 18.2 Å². The number of aliphatic imine (C=N–C) groups is 1. The second-order valence-electron chi connectivity index (χ2n) is 5.36. The van der Waals surface area contributed by atoms with Gasteiger partial charge >= 0.3 is 0 Å². The van der Waals surface area contributed by atoms with Gasteiger partial charge in [-0.15, -0.1) is 0 Å². The molecule has 1 aliphatic rings. The molecule has 16 heavy (non-hydrogen) atoms. The number of benzene rings is 1. The second-order valence-corrected chi connectivity index (χ2v) is 14.8. The van der Waals surface area contributed by atoms with Gasteiger partial charge in [0.1, 0.15) is 7.22 Å². The fraction of sp³-hybridized carbons (Fsp3) is 0.462. The Morgan fingerprint density at radius 3 is 2.38 bits per heavy atom. The third kappa shape index (κ3) is 3.49. The molecule has 1 aromatic rings. The summed E-state index contributed by atoms with van der Waals surface area (Å²) >= 11 is 2.16. The molecule has 2 rings (SSSR count). The predicted molar refractivity (Wildman–Crippen MR) is 77.6 cm³/mol. The zero-order valence-electron chi connectivity index (χ0n) is 10.4. The van der Waals surface area contributed by atoms with E-state index in [0.717, 1.165) is 5.69 Å². The Balaban J connectivity index is 1.98. The van der Waals surface area contributed by atoms with Crippen molar-refractivity contribution in [3.05, 3.63) is 29.8 Å². The summed E-state index contributed by atoms with van der Waals surface area (Å²) in [6.45, 7) is 9.32. The first-order valence-corrected chi connectivity index (χ1v) is 10.9. The Kier molecular flexibility index (Phi) is 3.26. The second kappa shape index (κ2) is 4.38. The number of nitrogens with zero attached hydrogens (tertiary/aromatic N) is 1. The molecule has 1 aromatic carbocycles. The standard InChI is InChI=1S/C13H19NSSi/c1-10-5-7-11(8-6-10)14-12-9-13(12)15-16(2,3)4/h5-8,13H,9H2,1-4H3. The first-order valence-electron chi connectivity index (χ1n) is 5.76. The molecule has 1 aliphatic carbocycles. The molecule has 0 heterocycles. The van der Waals surface area contributed by atoms with Crippen molar-refractivity contribution < 1.29 is 0 Å². The zero-order chi connectivity index (χ0) is 11.8. The average molecular weight is 249 g/mol. The first-order chi connectivity index (χ1) is 7.44. The molecular weight excluding hydrogens is 230 g/mol. The topological polar surface area (TPSA) is 12.4 Å². The van der Waals surface area contributed by atoms with Crippen LogP contribution in [0.2, 0.25) is 19.6 Å². The molecule has 0 aromatic heterocycles. The Morgan fingerprint density at radius 1 is 1.19 bits per heavy atom. The lowest BCUT2D eigenvalue weighted by atomic mass is 10.2. The summed E-state index contributed by atoms with van der Waals surface area (Å²) in [6.07, 6.45) is 1.20. The monoisotopic (exact) mass is 249 g/mol. The van der Waals surface area contributed by atoms with E-state index in [4.69, 9.17) is 4.99 Å². The Hall–Kier alpha value is -0.543. The van der Waals surface area contributed by atoms with Gasteiger partial charge in [-0.2, -0.15) is 11.2 Å². The molecule has 1 unspecified atom stereocenters. The van der Waals surface area contributed by atoms with Gasteiger partial charge in [0.2, 0.25) is 0 Å². The largest absolute Gasteiger partial charge is 0.257 e. The van der Waals surface area contributed by atoms with Crippen LogP contribution in [0.5, 0.6) is 0 Å². The molecule has 0 N–H and O–H groups in total. The minimum Gasteiger partial charge on any atom is -0.257 e. The van der Waals surface area contributed by atoms with Crippen LogP contribution in [0.15, 0.2) is 29.3 Å². The molecule has 86 valence electrons. The quantitative estimate of drug-likeness (QED) is 0.723. The van der Waals surface area contributed by atoms with Crippen LogP contribution >= 0.6 is 11.2 Å². The van der Waals surface area contributed by atoms with E-state index in [1.165, 1.54) is 17.7 Å². The van der Waals surface area contributed by atoms with Crippen molar-refractivity contribution in [2.45, 2.75) is 38.2 Å². The van der Waals surface area contributed by atoms with Crippen LogP contribution in [-0.2, 0) is 0 Å². The van der Waals surface area contributed by atoms with Gasteiger partial charge in [0, 0.05) is 17.4 Å². The number of rotatable bonds is 3. The van der Waals surface area contributed by atoms with E-state index in [1.807, 2.05) is 0 Å². The average Bonchev–Trinajstić information content (AvgIpc) is 2.85. The fourth-order valence-corrected chi connectivity index (χ4v) is 6.09. The van der Waals surface area contributed by atoms with Crippen molar-refractivity contribution in [2.24, 2.45) is 4.99 Å². The SMILES string of the molecule is Cc1ccc(N=C2CC2S[Si](C)(C)C)cc1. The maximum Gasteiger partial charge on any atom is 0.109 e. The number of hydrogen-bond donors (Lipinski definition) is 0. The summed E-state index contributed by atoms with van der Waals surface area (Å²) in [5.41, 5.74) is 3.79. The van der Waals surface area contributed by atoms with Gasteiger partial charge in [0.25, 0.3) is 0 Å².